The van der Waals surface area contributed by atoms with Crippen LogP contribution in [0.25, 0.3) is 0 Å². The van der Waals surface area contributed by atoms with Crippen LogP contribution in [0.5, 0.6) is 5.75 Å². The summed E-state index contributed by atoms with van der Waals surface area (Å²) in [5, 5.41) is 2.10. The van der Waals surface area contributed by atoms with Gasteiger partial charge in [0.05, 0.1) is 24.0 Å². The fraction of sp³-hybridized carbons (Fsp3) is 0.333. The molecule has 3 nitrogen and oxygen atoms in total. The largest absolute Gasteiger partial charge is 0.492 e. The Morgan fingerprint density at radius 1 is 1.32 bits per heavy atom. The molecule has 0 spiro atoms. The van der Waals surface area contributed by atoms with Crippen LogP contribution >= 0.6 is 11.3 Å². The van der Waals surface area contributed by atoms with Gasteiger partial charge in [-0.05, 0) is 37.4 Å². The smallest absolute Gasteiger partial charge is 0.144 e. The minimum Gasteiger partial charge on any atom is -0.492 e. The Morgan fingerprint density at radius 2 is 2.11 bits per heavy atom. The summed E-state index contributed by atoms with van der Waals surface area (Å²) in [6.07, 6.45) is 0. The second-order valence-corrected chi connectivity index (χ2v) is 5.40. The molecule has 2 aromatic rings. The lowest BCUT2D eigenvalue weighted by molar-refractivity contribution is 0.342. The predicted molar refractivity (Wildman–Crippen MR) is 83.2 cm³/mol. The zero-order valence-corrected chi connectivity index (χ0v) is 12.4. The minimum atomic E-state index is 0.291. The average Bonchev–Trinajstić information content (AvgIpc) is 2.94. The highest BCUT2D eigenvalue weighted by Crippen LogP contribution is 2.36. The molecule has 0 bridgehead atoms. The Kier molecular flexibility index (Phi) is 4.32. The first-order chi connectivity index (χ1) is 9.15. The van der Waals surface area contributed by atoms with Crippen LogP contribution < -0.4 is 15.4 Å². The van der Waals surface area contributed by atoms with Crippen molar-refractivity contribution in [1.82, 2.24) is 0 Å². The quantitative estimate of drug-likeness (QED) is 0.841. The fourth-order valence-electron chi connectivity index (χ4n) is 2.05. The van der Waals surface area contributed by atoms with Gasteiger partial charge in [0, 0.05) is 11.9 Å². The van der Waals surface area contributed by atoms with Crippen molar-refractivity contribution < 1.29 is 4.74 Å². The third-order valence-electron chi connectivity index (χ3n) is 3.26. The lowest BCUT2D eigenvalue weighted by Gasteiger charge is -2.28. The van der Waals surface area contributed by atoms with Gasteiger partial charge in [0.2, 0.25) is 0 Å². The monoisotopic (exact) mass is 276 g/mol. The number of hydrogen-bond acceptors (Lipinski definition) is 4. The minimum absolute atomic E-state index is 0.291. The summed E-state index contributed by atoms with van der Waals surface area (Å²) >= 11 is 1.76. The van der Waals surface area contributed by atoms with Gasteiger partial charge in [-0.15, -0.1) is 11.3 Å². The van der Waals surface area contributed by atoms with Crippen molar-refractivity contribution >= 4 is 22.7 Å². The van der Waals surface area contributed by atoms with E-state index in [4.69, 9.17) is 10.5 Å². The maximum atomic E-state index is 6.20. The molecule has 0 aliphatic heterocycles. The second kappa shape index (κ2) is 5.97. The summed E-state index contributed by atoms with van der Waals surface area (Å²) in [5.41, 5.74) is 7.91. The molecule has 0 amide bonds. The van der Waals surface area contributed by atoms with Crippen LogP contribution in [0.1, 0.15) is 24.8 Å². The maximum absolute atomic E-state index is 6.20. The number of benzene rings is 1. The fourth-order valence-corrected chi connectivity index (χ4v) is 2.88. The summed E-state index contributed by atoms with van der Waals surface area (Å²) in [6, 6.07) is 10.4. The highest BCUT2D eigenvalue weighted by atomic mass is 32.1. The molecule has 2 N–H and O–H groups in total. The molecule has 1 aromatic carbocycles. The van der Waals surface area contributed by atoms with Crippen molar-refractivity contribution in [3.05, 3.63) is 40.6 Å². The summed E-state index contributed by atoms with van der Waals surface area (Å²) in [6.45, 7) is 4.76. The third kappa shape index (κ3) is 2.84. The van der Waals surface area contributed by atoms with Gasteiger partial charge in [-0.2, -0.15) is 0 Å². The number of ether oxygens (including phenoxy) is 1. The number of thiophene rings is 1. The van der Waals surface area contributed by atoms with Crippen LogP contribution in [0, 0.1) is 0 Å². The highest BCUT2D eigenvalue weighted by Gasteiger charge is 2.17. The van der Waals surface area contributed by atoms with E-state index < -0.39 is 0 Å². The molecule has 0 aliphatic rings. The second-order valence-electron chi connectivity index (χ2n) is 4.42. The Bertz CT molecular complexity index is 525. The van der Waals surface area contributed by atoms with E-state index in [1.807, 2.05) is 25.1 Å². The molecule has 1 unspecified atom stereocenters. The number of nitrogen functional groups attached to an aromatic ring is 1. The first-order valence-electron chi connectivity index (χ1n) is 6.42. The third-order valence-corrected chi connectivity index (χ3v) is 4.30. The van der Waals surface area contributed by atoms with Crippen LogP contribution in [0.4, 0.5) is 11.4 Å². The lowest BCUT2D eigenvalue weighted by Crippen LogP contribution is -2.22. The zero-order chi connectivity index (χ0) is 13.8. The van der Waals surface area contributed by atoms with E-state index in [9.17, 15) is 0 Å². The predicted octanol–water partition coefficient (Wildman–Crippen LogP) is 3.93. The molecule has 1 atom stereocenters. The van der Waals surface area contributed by atoms with Gasteiger partial charge in [0.25, 0.3) is 0 Å². The molecule has 1 aromatic heterocycles. The number of nitrogens with two attached hydrogens (primary N) is 1. The number of rotatable bonds is 5. The van der Waals surface area contributed by atoms with E-state index >= 15 is 0 Å². The van der Waals surface area contributed by atoms with Gasteiger partial charge >= 0.3 is 0 Å². The van der Waals surface area contributed by atoms with Gasteiger partial charge < -0.3 is 15.4 Å². The van der Waals surface area contributed by atoms with E-state index in [0.717, 1.165) is 11.4 Å². The van der Waals surface area contributed by atoms with Gasteiger partial charge in [-0.1, -0.05) is 12.1 Å². The molecular formula is C15H20N2OS. The van der Waals surface area contributed by atoms with Crippen molar-refractivity contribution in [3.63, 3.8) is 0 Å². The Balaban J connectivity index is 2.28. The molecule has 1 heterocycles. The van der Waals surface area contributed by atoms with E-state index in [1.54, 1.807) is 11.3 Å². The first-order valence-corrected chi connectivity index (χ1v) is 7.30. The van der Waals surface area contributed by atoms with Crippen LogP contribution in [0.2, 0.25) is 0 Å². The number of hydrogen-bond donors (Lipinski definition) is 1. The number of nitrogens with zero attached hydrogens (tertiary/aromatic N) is 1. The van der Waals surface area contributed by atoms with E-state index in [0.29, 0.717) is 18.3 Å². The van der Waals surface area contributed by atoms with Gasteiger partial charge in [0.15, 0.2) is 0 Å². The molecule has 4 heteroatoms. The molecule has 0 radical (unpaired) electrons. The molecule has 0 aliphatic carbocycles. The van der Waals surface area contributed by atoms with Crippen LogP contribution in [0.3, 0.4) is 0 Å². The molecule has 0 saturated heterocycles. The molecule has 19 heavy (non-hydrogen) atoms. The average molecular weight is 276 g/mol. The summed E-state index contributed by atoms with van der Waals surface area (Å²) in [7, 11) is 2.06. The molecule has 102 valence electrons. The van der Waals surface area contributed by atoms with Crippen LogP contribution in [-0.4, -0.2) is 13.7 Å². The summed E-state index contributed by atoms with van der Waals surface area (Å²) < 4.78 is 5.55. The Hall–Kier alpha value is -1.68. The van der Waals surface area contributed by atoms with E-state index in [1.165, 1.54) is 4.88 Å². The van der Waals surface area contributed by atoms with Gasteiger partial charge in [0.1, 0.15) is 5.75 Å². The highest BCUT2D eigenvalue weighted by molar-refractivity contribution is 7.10. The zero-order valence-electron chi connectivity index (χ0n) is 11.6. The normalized spacial score (nSPS) is 12.2. The maximum Gasteiger partial charge on any atom is 0.144 e. The van der Waals surface area contributed by atoms with E-state index in [2.05, 4.69) is 36.4 Å². The van der Waals surface area contributed by atoms with E-state index in [-0.39, 0.29) is 0 Å². The Labute approximate surface area is 118 Å². The summed E-state index contributed by atoms with van der Waals surface area (Å²) in [4.78, 5) is 3.51. The number of para-hydroxylation sites is 1. The molecule has 0 fully saturated rings. The SMILES string of the molecule is CCOc1cccc(N(C)C(C)c2cccs2)c1N. The van der Waals surface area contributed by atoms with Crippen LogP contribution in [-0.2, 0) is 0 Å². The number of anilines is 2. The molecule has 2 rings (SSSR count). The van der Waals surface area contributed by atoms with Crippen molar-refractivity contribution in [3.8, 4) is 5.75 Å². The molecule has 0 saturated carbocycles. The first kappa shape index (κ1) is 13.7. The van der Waals surface area contributed by atoms with Gasteiger partial charge in [-0.25, -0.2) is 0 Å². The van der Waals surface area contributed by atoms with Crippen LogP contribution in [0.15, 0.2) is 35.7 Å². The topological polar surface area (TPSA) is 38.5 Å². The Morgan fingerprint density at radius 3 is 2.74 bits per heavy atom. The van der Waals surface area contributed by atoms with Crippen molar-refractivity contribution in [2.45, 2.75) is 19.9 Å². The van der Waals surface area contributed by atoms with Crippen molar-refractivity contribution in [2.75, 3.05) is 24.3 Å². The lowest BCUT2D eigenvalue weighted by atomic mass is 10.2. The van der Waals surface area contributed by atoms with Crippen molar-refractivity contribution in [2.24, 2.45) is 0 Å². The standard InChI is InChI=1S/C15H20N2OS/c1-4-18-13-8-5-7-12(15(13)16)17(3)11(2)14-9-6-10-19-14/h5-11H,4,16H2,1-3H3. The van der Waals surface area contributed by atoms with Crippen molar-refractivity contribution in [1.29, 1.82) is 0 Å². The molecular weight excluding hydrogens is 256 g/mol. The van der Waals surface area contributed by atoms with Gasteiger partial charge in [-0.3, -0.25) is 0 Å². The summed E-state index contributed by atoms with van der Waals surface area (Å²) in [5.74, 6) is 0.755.